The number of amides is 1. The van der Waals surface area contributed by atoms with Gasteiger partial charge in [-0.05, 0) is 29.1 Å². The first-order chi connectivity index (χ1) is 14.6. The van der Waals surface area contributed by atoms with Gasteiger partial charge in [0.1, 0.15) is 5.82 Å². The normalized spacial score (nSPS) is 10.9. The van der Waals surface area contributed by atoms with Gasteiger partial charge in [-0.3, -0.25) is 4.79 Å². The number of carbonyl (C=O) groups is 1. The van der Waals surface area contributed by atoms with Crippen LogP contribution in [0.15, 0.2) is 58.6 Å². The van der Waals surface area contributed by atoms with Crippen LogP contribution < -0.4 is 10.2 Å². The number of thiophene rings is 1. The van der Waals surface area contributed by atoms with Crippen LogP contribution in [-0.4, -0.2) is 39.9 Å². The molecule has 0 fully saturated rings. The molecule has 3 aromatic heterocycles. The zero-order valence-corrected chi connectivity index (χ0v) is 17.6. The van der Waals surface area contributed by atoms with Gasteiger partial charge in [-0.15, -0.1) is 11.3 Å². The Balaban J connectivity index is 1.32. The summed E-state index contributed by atoms with van der Waals surface area (Å²) in [6.45, 7) is 0.574. The predicted octanol–water partition coefficient (Wildman–Crippen LogP) is 3.68. The standard InChI is InChI=1S/C21H22N6O2S/c1-26(2)16-7-5-15(6-8-16)14-27-18(11-12-22-27)23-19(28)9-10-20-24-21(25-29-20)17-4-3-13-30-17/h3-8,11-13H,9-10,14H2,1-2H3,(H,23,28). The van der Waals surface area contributed by atoms with Crippen molar-refractivity contribution in [1.82, 2.24) is 19.9 Å². The molecule has 154 valence electrons. The third kappa shape index (κ3) is 4.74. The van der Waals surface area contributed by atoms with Gasteiger partial charge in [0.05, 0.1) is 17.6 Å². The van der Waals surface area contributed by atoms with Crippen molar-refractivity contribution in [2.75, 3.05) is 24.3 Å². The van der Waals surface area contributed by atoms with E-state index in [1.807, 2.05) is 31.6 Å². The molecule has 0 atom stereocenters. The Labute approximate surface area is 178 Å². The van der Waals surface area contributed by atoms with Crippen molar-refractivity contribution in [2.45, 2.75) is 19.4 Å². The van der Waals surface area contributed by atoms with E-state index < -0.39 is 0 Å². The Kier molecular flexibility index (Phi) is 5.89. The fourth-order valence-electron chi connectivity index (χ4n) is 2.93. The van der Waals surface area contributed by atoms with E-state index in [2.05, 4.69) is 49.7 Å². The van der Waals surface area contributed by atoms with E-state index in [9.17, 15) is 4.79 Å². The molecular formula is C21H22N6O2S. The number of rotatable bonds is 8. The van der Waals surface area contributed by atoms with Crippen molar-refractivity contribution in [3.63, 3.8) is 0 Å². The van der Waals surface area contributed by atoms with Crippen molar-refractivity contribution >= 4 is 28.7 Å². The average molecular weight is 423 g/mol. The summed E-state index contributed by atoms with van der Waals surface area (Å²) in [5, 5.41) is 13.2. The summed E-state index contributed by atoms with van der Waals surface area (Å²) in [5.41, 5.74) is 2.24. The number of benzene rings is 1. The number of hydrogen-bond donors (Lipinski definition) is 1. The second kappa shape index (κ2) is 8.91. The summed E-state index contributed by atoms with van der Waals surface area (Å²) in [5.74, 6) is 1.53. The van der Waals surface area contributed by atoms with Crippen LogP contribution in [0.2, 0.25) is 0 Å². The van der Waals surface area contributed by atoms with Crippen molar-refractivity contribution < 1.29 is 9.32 Å². The van der Waals surface area contributed by atoms with Crippen LogP contribution in [0.1, 0.15) is 17.9 Å². The molecule has 1 N–H and O–H groups in total. The highest BCUT2D eigenvalue weighted by molar-refractivity contribution is 7.13. The van der Waals surface area contributed by atoms with Crippen LogP contribution in [0, 0.1) is 0 Å². The molecule has 4 rings (SSSR count). The van der Waals surface area contributed by atoms with Gasteiger partial charge in [-0.2, -0.15) is 10.1 Å². The molecule has 8 nitrogen and oxygen atoms in total. The Hall–Kier alpha value is -3.46. The van der Waals surface area contributed by atoms with Crippen LogP contribution >= 0.6 is 11.3 Å². The molecule has 0 bridgehead atoms. The second-order valence-corrected chi connectivity index (χ2v) is 7.92. The van der Waals surface area contributed by atoms with E-state index in [0.29, 0.717) is 30.5 Å². The van der Waals surface area contributed by atoms with E-state index in [1.165, 1.54) is 0 Å². The maximum atomic E-state index is 12.4. The molecule has 9 heteroatoms. The topological polar surface area (TPSA) is 89.1 Å². The van der Waals surface area contributed by atoms with Gasteiger partial charge in [-0.1, -0.05) is 23.4 Å². The monoisotopic (exact) mass is 422 g/mol. The zero-order valence-electron chi connectivity index (χ0n) is 16.8. The van der Waals surface area contributed by atoms with Crippen molar-refractivity contribution in [2.24, 2.45) is 0 Å². The highest BCUT2D eigenvalue weighted by Gasteiger charge is 2.13. The van der Waals surface area contributed by atoms with E-state index in [1.54, 1.807) is 28.3 Å². The SMILES string of the molecule is CN(C)c1ccc(Cn2nccc2NC(=O)CCc2nc(-c3cccs3)no2)cc1. The summed E-state index contributed by atoms with van der Waals surface area (Å²) in [7, 11) is 4.01. The smallest absolute Gasteiger partial charge is 0.227 e. The average Bonchev–Trinajstić information content (AvgIpc) is 3.49. The minimum absolute atomic E-state index is 0.129. The molecule has 4 aromatic rings. The van der Waals surface area contributed by atoms with Crippen LogP contribution in [-0.2, 0) is 17.8 Å². The molecule has 1 aromatic carbocycles. The summed E-state index contributed by atoms with van der Waals surface area (Å²) < 4.78 is 7.02. The number of aryl methyl sites for hydroxylation is 1. The first-order valence-electron chi connectivity index (χ1n) is 9.53. The van der Waals surface area contributed by atoms with Crippen LogP contribution in [0.5, 0.6) is 0 Å². The molecule has 1 amide bonds. The maximum Gasteiger partial charge on any atom is 0.227 e. The van der Waals surface area contributed by atoms with Crippen molar-refractivity contribution in [1.29, 1.82) is 0 Å². The largest absolute Gasteiger partial charge is 0.378 e. The Morgan fingerprint density at radius 3 is 2.77 bits per heavy atom. The quantitative estimate of drug-likeness (QED) is 0.466. The minimum Gasteiger partial charge on any atom is -0.378 e. The van der Waals surface area contributed by atoms with Gasteiger partial charge in [0.25, 0.3) is 0 Å². The second-order valence-electron chi connectivity index (χ2n) is 6.97. The molecule has 0 radical (unpaired) electrons. The fraction of sp³-hybridized carbons (Fsp3) is 0.238. The lowest BCUT2D eigenvalue weighted by atomic mass is 10.2. The number of nitrogens with zero attached hydrogens (tertiary/aromatic N) is 5. The third-order valence-electron chi connectivity index (χ3n) is 4.54. The van der Waals surface area contributed by atoms with E-state index in [4.69, 9.17) is 4.52 Å². The van der Waals surface area contributed by atoms with Gasteiger partial charge in [-0.25, -0.2) is 4.68 Å². The zero-order chi connectivity index (χ0) is 20.9. The molecule has 0 unspecified atom stereocenters. The fourth-order valence-corrected chi connectivity index (χ4v) is 3.57. The van der Waals surface area contributed by atoms with Gasteiger partial charge in [0.15, 0.2) is 0 Å². The minimum atomic E-state index is -0.129. The van der Waals surface area contributed by atoms with Crippen LogP contribution in [0.4, 0.5) is 11.5 Å². The highest BCUT2D eigenvalue weighted by Crippen LogP contribution is 2.21. The maximum absolute atomic E-state index is 12.4. The molecule has 0 spiro atoms. The highest BCUT2D eigenvalue weighted by atomic mass is 32.1. The Morgan fingerprint density at radius 2 is 2.03 bits per heavy atom. The number of nitrogens with one attached hydrogen (secondary N) is 1. The van der Waals surface area contributed by atoms with Gasteiger partial charge < -0.3 is 14.7 Å². The van der Waals surface area contributed by atoms with Gasteiger partial charge in [0.2, 0.25) is 17.6 Å². The Morgan fingerprint density at radius 1 is 1.20 bits per heavy atom. The summed E-state index contributed by atoms with van der Waals surface area (Å²) >= 11 is 1.54. The van der Waals surface area contributed by atoms with E-state index in [0.717, 1.165) is 16.1 Å². The lowest BCUT2D eigenvalue weighted by Gasteiger charge is -2.13. The molecule has 0 aliphatic rings. The number of anilines is 2. The van der Waals surface area contributed by atoms with Gasteiger partial charge >= 0.3 is 0 Å². The van der Waals surface area contributed by atoms with Crippen molar-refractivity contribution in [3.05, 3.63) is 65.5 Å². The molecular weight excluding hydrogens is 400 g/mol. The van der Waals surface area contributed by atoms with E-state index in [-0.39, 0.29) is 12.3 Å². The van der Waals surface area contributed by atoms with Crippen LogP contribution in [0.25, 0.3) is 10.7 Å². The number of carbonyl (C=O) groups excluding carboxylic acids is 1. The lowest BCUT2D eigenvalue weighted by Crippen LogP contribution is -2.16. The number of aromatic nitrogens is 4. The summed E-state index contributed by atoms with van der Waals surface area (Å²) in [6, 6.07) is 13.9. The molecule has 0 saturated heterocycles. The molecule has 0 aliphatic heterocycles. The van der Waals surface area contributed by atoms with Gasteiger partial charge in [0, 0.05) is 38.7 Å². The third-order valence-corrected chi connectivity index (χ3v) is 5.41. The molecule has 0 aliphatic carbocycles. The molecule has 0 saturated carbocycles. The lowest BCUT2D eigenvalue weighted by molar-refractivity contribution is -0.116. The Bertz CT molecular complexity index is 1100. The van der Waals surface area contributed by atoms with E-state index >= 15 is 0 Å². The number of hydrogen-bond acceptors (Lipinski definition) is 7. The molecule has 3 heterocycles. The predicted molar refractivity (Wildman–Crippen MR) is 117 cm³/mol. The first kappa shape index (κ1) is 19.8. The summed E-state index contributed by atoms with van der Waals surface area (Å²) in [4.78, 5) is 19.7. The molecule has 30 heavy (non-hydrogen) atoms. The summed E-state index contributed by atoms with van der Waals surface area (Å²) in [6.07, 6.45) is 2.30. The van der Waals surface area contributed by atoms with Crippen LogP contribution in [0.3, 0.4) is 0 Å². The first-order valence-corrected chi connectivity index (χ1v) is 10.4. The van der Waals surface area contributed by atoms with Crippen molar-refractivity contribution in [3.8, 4) is 10.7 Å².